The van der Waals surface area contributed by atoms with Gasteiger partial charge in [0.1, 0.15) is 0 Å². The average Bonchev–Trinajstić information content (AvgIpc) is 1.81. The van der Waals surface area contributed by atoms with Crippen molar-refractivity contribution < 1.29 is 56.7 Å². The summed E-state index contributed by atoms with van der Waals surface area (Å²) < 4.78 is 0. The average molecular weight is 319 g/mol. The van der Waals surface area contributed by atoms with Crippen LogP contribution in [0.3, 0.4) is 0 Å². The molecule has 0 amide bonds. The Kier molecular flexibility index (Phi) is 72.3. The molecule has 0 atom stereocenters. The van der Waals surface area contributed by atoms with Crippen molar-refractivity contribution in [2.45, 2.75) is 26.2 Å². The standard InChI is InChI=1S/C8H14.3ClH.Rh/c1-3-5-7-8-6-4-2;;;;/h3,6,8H,1,4-5,7H2,2H3;3*1H;/q;;;;+3/p-3. The van der Waals surface area contributed by atoms with Crippen LogP contribution in [0.5, 0.6) is 0 Å². The predicted molar refractivity (Wildman–Crippen MR) is 38.9 cm³/mol. The number of hydrogen-bond donors (Lipinski definition) is 0. The fraction of sp³-hybridized carbons (Fsp3) is 0.500. The molecule has 0 saturated heterocycles. The van der Waals surface area contributed by atoms with Crippen molar-refractivity contribution in [1.82, 2.24) is 0 Å². The normalized spacial score (nSPS) is 6.75. The molecule has 0 fully saturated rings. The summed E-state index contributed by atoms with van der Waals surface area (Å²) in [6.45, 7) is 5.77. The van der Waals surface area contributed by atoms with Crippen LogP contribution in [-0.4, -0.2) is 0 Å². The van der Waals surface area contributed by atoms with Gasteiger partial charge in [-0.3, -0.25) is 0 Å². The molecule has 0 spiro atoms. The molecule has 76 valence electrons. The Morgan fingerprint density at radius 1 is 1.00 bits per heavy atom. The second kappa shape index (κ2) is 29.6. The first-order valence-electron chi connectivity index (χ1n) is 3.17. The second-order valence-electron chi connectivity index (χ2n) is 1.75. The fourth-order valence-corrected chi connectivity index (χ4v) is 0.499. The Labute approximate surface area is 107 Å². The van der Waals surface area contributed by atoms with Crippen molar-refractivity contribution in [3.8, 4) is 0 Å². The van der Waals surface area contributed by atoms with Gasteiger partial charge in [0.2, 0.25) is 0 Å². The van der Waals surface area contributed by atoms with Crippen LogP contribution in [0, 0.1) is 0 Å². The molecular weight excluding hydrogens is 305 g/mol. The molecule has 0 aromatic heterocycles. The van der Waals surface area contributed by atoms with Gasteiger partial charge in [0, 0.05) is 0 Å². The molecule has 12 heavy (non-hydrogen) atoms. The van der Waals surface area contributed by atoms with Crippen LogP contribution in [0.25, 0.3) is 0 Å². The number of rotatable bonds is 4. The first kappa shape index (κ1) is 29.3. The molecule has 0 aromatic rings. The van der Waals surface area contributed by atoms with E-state index in [1.807, 2.05) is 6.08 Å². The molecule has 0 bridgehead atoms. The van der Waals surface area contributed by atoms with E-state index in [9.17, 15) is 0 Å². The topological polar surface area (TPSA) is 0 Å². The minimum atomic E-state index is 0. The van der Waals surface area contributed by atoms with Crippen LogP contribution in [0.2, 0.25) is 0 Å². The Morgan fingerprint density at radius 3 is 1.83 bits per heavy atom. The first-order valence-corrected chi connectivity index (χ1v) is 3.17. The molecule has 0 nitrogen and oxygen atoms in total. The van der Waals surface area contributed by atoms with Gasteiger partial charge in [-0.25, -0.2) is 0 Å². The summed E-state index contributed by atoms with van der Waals surface area (Å²) in [6.07, 6.45) is 9.73. The van der Waals surface area contributed by atoms with Crippen LogP contribution in [-0.2, 0) is 19.5 Å². The molecule has 0 radical (unpaired) electrons. The van der Waals surface area contributed by atoms with Crippen molar-refractivity contribution in [1.29, 1.82) is 0 Å². The molecule has 0 unspecified atom stereocenters. The van der Waals surface area contributed by atoms with E-state index in [0.29, 0.717) is 0 Å². The molecule has 0 rings (SSSR count). The van der Waals surface area contributed by atoms with Crippen LogP contribution in [0.15, 0.2) is 24.8 Å². The minimum Gasteiger partial charge on any atom is -1.00 e. The molecule has 0 N–H and O–H groups in total. The van der Waals surface area contributed by atoms with Gasteiger partial charge in [-0.05, 0) is 19.3 Å². The SMILES string of the molecule is C=CCCC=CCC.[Cl-].[Cl-].[Cl-].[Rh+3]. The maximum Gasteiger partial charge on any atom is 3.00 e. The summed E-state index contributed by atoms with van der Waals surface area (Å²) in [5.41, 5.74) is 0. The maximum absolute atomic E-state index is 3.62. The summed E-state index contributed by atoms with van der Waals surface area (Å²) in [5.74, 6) is 0. The molecule has 0 aliphatic carbocycles. The summed E-state index contributed by atoms with van der Waals surface area (Å²) in [4.78, 5) is 0. The van der Waals surface area contributed by atoms with Crippen molar-refractivity contribution in [2.75, 3.05) is 0 Å². The number of halogens is 3. The van der Waals surface area contributed by atoms with E-state index in [4.69, 9.17) is 0 Å². The third kappa shape index (κ3) is 30.6. The Morgan fingerprint density at radius 2 is 1.50 bits per heavy atom. The van der Waals surface area contributed by atoms with Crippen LogP contribution < -0.4 is 37.2 Å². The smallest absolute Gasteiger partial charge is 1.00 e. The number of allylic oxidation sites excluding steroid dienone is 3. The van der Waals surface area contributed by atoms with Gasteiger partial charge in [0.25, 0.3) is 0 Å². The molecule has 0 aliphatic heterocycles. The first-order chi connectivity index (χ1) is 3.91. The number of unbranched alkanes of at least 4 members (excludes halogenated alkanes) is 1. The van der Waals surface area contributed by atoms with Crippen molar-refractivity contribution in [3.63, 3.8) is 0 Å². The van der Waals surface area contributed by atoms with E-state index >= 15 is 0 Å². The largest absolute Gasteiger partial charge is 3.00 e. The van der Waals surface area contributed by atoms with E-state index in [2.05, 4.69) is 25.7 Å². The van der Waals surface area contributed by atoms with Gasteiger partial charge in [-0.1, -0.05) is 25.2 Å². The van der Waals surface area contributed by atoms with Gasteiger partial charge in [-0.2, -0.15) is 0 Å². The summed E-state index contributed by atoms with van der Waals surface area (Å²) in [6, 6.07) is 0. The van der Waals surface area contributed by atoms with E-state index in [1.165, 1.54) is 0 Å². The van der Waals surface area contributed by atoms with E-state index in [0.717, 1.165) is 19.3 Å². The van der Waals surface area contributed by atoms with Gasteiger partial charge < -0.3 is 37.2 Å². The van der Waals surface area contributed by atoms with Crippen molar-refractivity contribution >= 4 is 0 Å². The molecule has 4 heteroatoms. The van der Waals surface area contributed by atoms with Gasteiger partial charge in [0.05, 0.1) is 0 Å². The zero-order valence-electron chi connectivity index (χ0n) is 7.03. The molecule has 0 aromatic carbocycles. The third-order valence-electron chi connectivity index (χ3n) is 0.940. The summed E-state index contributed by atoms with van der Waals surface area (Å²) >= 11 is 0. The van der Waals surface area contributed by atoms with Gasteiger partial charge >= 0.3 is 19.5 Å². The van der Waals surface area contributed by atoms with E-state index in [-0.39, 0.29) is 56.7 Å². The summed E-state index contributed by atoms with van der Waals surface area (Å²) in [7, 11) is 0. The van der Waals surface area contributed by atoms with Crippen LogP contribution in [0.4, 0.5) is 0 Å². The maximum atomic E-state index is 3.62. The predicted octanol–water partition coefficient (Wildman–Crippen LogP) is -6.07. The monoisotopic (exact) mass is 318 g/mol. The van der Waals surface area contributed by atoms with Crippen LogP contribution in [0.1, 0.15) is 26.2 Å². The molecular formula is C8H14Cl3Rh. The van der Waals surface area contributed by atoms with Gasteiger partial charge in [0.15, 0.2) is 0 Å². The van der Waals surface area contributed by atoms with E-state index in [1.54, 1.807) is 0 Å². The Balaban J connectivity index is -0.0000000408. The van der Waals surface area contributed by atoms with Crippen molar-refractivity contribution in [2.24, 2.45) is 0 Å². The zero-order valence-corrected chi connectivity index (χ0v) is 10.9. The van der Waals surface area contributed by atoms with Gasteiger partial charge in [-0.15, -0.1) is 6.58 Å². The van der Waals surface area contributed by atoms with Crippen molar-refractivity contribution in [3.05, 3.63) is 24.8 Å². The Bertz CT molecular complexity index is 84.4. The quantitative estimate of drug-likeness (QED) is 0.275. The van der Waals surface area contributed by atoms with Crippen LogP contribution >= 0.6 is 0 Å². The molecule has 0 aliphatic rings. The fourth-order valence-electron chi connectivity index (χ4n) is 0.499. The minimum absolute atomic E-state index is 0. The third-order valence-corrected chi connectivity index (χ3v) is 0.940. The second-order valence-corrected chi connectivity index (χ2v) is 1.75. The molecule has 0 heterocycles. The molecule has 0 saturated carbocycles. The number of hydrogen-bond acceptors (Lipinski definition) is 0. The summed E-state index contributed by atoms with van der Waals surface area (Å²) in [5, 5.41) is 0. The van der Waals surface area contributed by atoms with E-state index < -0.39 is 0 Å². The zero-order chi connectivity index (χ0) is 6.24. The Hall–Kier alpha value is 0.973.